The molecular formula is C21H21BrN4O2. The molecule has 1 aromatic heterocycles. The molecule has 0 radical (unpaired) electrons. The number of anilines is 3. The predicted octanol–water partition coefficient (Wildman–Crippen LogP) is 4.31. The minimum atomic E-state index is -0.311. The molecule has 3 rings (SSSR count). The van der Waals surface area contributed by atoms with Crippen LogP contribution in [0.5, 0.6) is 0 Å². The lowest BCUT2D eigenvalue weighted by atomic mass is 10.1. The van der Waals surface area contributed by atoms with Gasteiger partial charge in [0, 0.05) is 27.6 Å². The number of aryl methyl sites for hydroxylation is 3. The van der Waals surface area contributed by atoms with Gasteiger partial charge in [-0.05, 0) is 62.2 Å². The lowest BCUT2D eigenvalue weighted by Gasteiger charge is -2.15. The van der Waals surface area contributed by atoms with Gasteiger partial charge in [-0.25, -0.2) is 4.98 Å². The number of halogens is 1. The number of carbonyl (C=O) groups is 1. The van der Waals surface area contributed by atoms with E-state index in [9.17, 15) is 9.59 Å². The maximum atomic E-state index is 12.5. The summed E-state index contributed by atoms with van der Waals surface area (Å²) in [5.74, 6) is 0.0220. The van der Waals surface area contributed by atoms with Crippen molar-refractivity contribution in [2.75, 3.05) is 10.6 Å². The first kappa shape index (κ1) is 19.8. The van der Waals surface area contributed by atoms with Crippen molar-refractivity contribution in [3.63, 3.8) is 0 Å². The van der Waals surface area contributed by atoms with Crippen LogP contribution in [-0.2, 0) is 11.3 Å². The standard InChI is InChI=1S/C21H21BrN4O2/c1-13-7-14(2)9-18(8-13)25-21-23-15(3)10-20(28)26(21)12-19(27)24-17-6-4-5-16(22)11-17/h4-11H,12H2,1-3H3,(H,23,25)(H,24,27). The van der Waals surface area contributed by atoms with Gasteiger partial charge in [-0.3, -0.25) is 14.2 Å². The van der Waals surface area contributed by atoms with E-state index in [0.717, 1.165) is 21.3 Å². The smallest absolute Gasteiger partial charge is 0.255 e. The fourth-order valence-corrected chi connectivity index (χ4v) is 3.35. The highest BCUT2D eigenvalue weighted by Gasteiger charge is 2.12. The summed E-state index contributed by atoms with van der Waals surface area (Å²) in [6.45, 7) is 5.60. The van der Waals surface area contributed by atoms with Crippen molar-refractivity contribution < 1.29 is 4.79 Å². The molecule has 0 atom stereocenters. The van der Waals surface area contributed by atoms with E-state index in [2.05, 4.69) is 37.6 Å². The lowest BCUT2D eigenvalue weighted by molar-refractivity contribution is -0.116. The number of amides is 1. The highest BCUT2D eigenvalue weighted by Crippen LogP contribution is 2.19. The van der Waals surface area contributed by atoms with Gasteiger partial charge in [0.2, 0.25) is 11.9 Å². The Morgan fingerprint density at radius 2 is 1.75 bits per heavy atom. The summed E-state index contributed by atoms with van der Waals surface area (Å²) in [7, 11) is 0. The molecule has 144 valence electrons. The molecule has 1 heterocycles. The van der Waals surface area contributed by atoms with E-state index in [4.69, 9.17) is 0 Å². The molecular weight excluding hydrogens is 420 g/mol. The molecule has 0 bridgehead atoms. The van der Waals surface area contributed by atoms with Crippen molar-refractivity contribution in [1.82, 2.24) is 9.55 Å². The molecule has 0 unspecified atom stereocenters. The molecule has 1 amide bonds. The van der Waals surface area contributed by atoms with Gasteiger partial charge in [-0.1, -0.05) is 28.1 Å². The zero-order chi connectivity index (χ0) is 20.3. The first-order valence-corrected chi connectivity index (χ1v) is 9.59. The summed E-state index contributed by atoms with van der Waals surface area (Å²) in [4.78, 5) is 29.5. The second-order valence-electron chi connectivity index (χ2n) is 6.71. The fourth-order valence-electron chi connectivity index (χ4n) is 2.96. The third-order valence-corrected chi connectivity index (χ3v) is 4.52. The molecule has 0 aliphatic carbocycles. The molecule has 0 saturated carbocycles. The maximum absolute atomic E-state index is 12.5. The number of nitrogens with one attached hydrogen (secondary N) is 2. The molecule has 0 aliphatic heterocycles. The van der Waals surface area contributed by atoms with Crippen molar-refractivity contribution in [3.05, 3.63) is 80.2 Å². The van der Waals surface area contributed by atoms with Gasteiger partial charge in [0.15, 0.2) is 0 Å². The van der Waals surface area contributed by atoms with Crippen molar-refractivity contribution in [2.24, 2.45) is 0 Å². The minimum Gasteiger partial charge on any atom is -0.325 e. The van der Waals surface area contributed by atoms with Gasteiger partial charge in [0.05, 0.1) is 0 Å². The quantitative estimate of drug-likeness (QED) is 0.619. The highest BCUT2D eigenvalue weighted by atomic mass is 79.9. The normalized spacial score (nSPS) is 10.6. The molecule has 0 spiro atoms. The van der Waals surface area contributed by atoms with Gasteiger partial charge in [0.1, 0.15) is 6.54 Å². The van der Waals surface area contributed by atoms with Crippen LogP contribution >= 0.6 is 15.9 Å². The topological polar surface area (TPSA) is 76.0 Å². The molecule has 0 aliphatic rings. The van der Waals surface area contributed by atoms with E-state index >= 15 is 0 Å². The number of benzene rings is 2. The van der Waals surface area contributed by atoms with Crippen LogP contribution in [0.25, 0.3) is 0 Å². The van der Waals surface area contributed by atoms with E-state index in [1.165, 1.54) is 10.6 Å². The highest BCUT2D eigenvalue weighted by molar-refractivity contribution is 9.10. The zero-order valence-electron chi connectivity index (χ0n) is 15.9. The number of rotatable bonds is 5. The van der Waals surface area contributed by atoms with E-state index < -0.39 is 0 Å². The molecule has 0 fully saturated rings. The Kier molecular flexibility index (Phi) is 5.94. The Labute approximate surface area is 171 Å². The van der Waals surface area contributed by atoms with Crippen LogP contribution in [0.15, 0.2) is 57.8 Å². The Morgan fingerprint density at radius 3 is 2.43 bits per heavy atom. The van der Waals surface area contributed by atoms with Crippen LogP contribution in [0.1, 0.15) is 16.8 Å². The lowest BCUT2D eigenvalue weighted by Crippen LogP contribution is -2.30. The van der Waals surface area contributed by atoms with Crippen molar-refractivity contribution >= 4 is 39.2 Å². The van der Waals surface area contributed by atoms with Crippen LogP contribution in [0.4, 0.5) is 17.3 Å². The summed E-state index contributed by atoms with van der Waals surface area (Å²) < 4.78 is 2.19. The van der Waals surface area contributed by atoms with E-state index in [-0.39, 0.29) is 18.0 Å². The van der Waals surface area contributed by atoms with Crippen LogP contribution in [0, 0.1) is 20.8 Å². The van der Waals surface area contributed by atoms with Gasteiger partial charge < -0.3 is 10.6 Å². The molecule has 6 nitrogen and oxygen atoms in total. The average Bonchev–Trinajstić information content (AvgIpc) is 2.57. The van der Waals surface area contributed by atoms with Crippen molar-refractivity contribution in [2.45, 2.75) is 27.3 Å². The second kappa shape index (κ2) is 8.39. The number of hydrogen-bond donors (Lipinski definition) is 2. The summed E-state index contributed by atoms with van der Waals surface area (Å²) in [5, 5.41) is 5.98. The molecule has 3 aromatic rings. The van der Waals surface area contributed by atoms with Crippen molar-refractivity contribution in [3.8, 4) is 0 Å². The third kappa shape index (κ3) is 5.07. The average molecular weight is 441 g/mol. The van der Waals surface area contributed by atoms with E-state index in [1.54, 1.807) is 19.1 Å². The maximum Gasteiger partial charge on any atom is 0.255 e. The van der Waals surface area contributed by atoms with Crippen LogP contribution in [0.3, 0.4) is 0 Å². The van der Waals surface area contributed by atoms with Gasteiger partial charge in [-0.15, -0.1) is 0 Å². The fraction of sp³-hybridized carbons (Fsp3) is 0.190. The summed E-state index contributed by atoms with van der Waals surface area (Å²) in [5.41, 5.74) is 3.95. The molecule has 28 heavy (non-hydrogen) atoms. The summed E-state index contributed by atoms with van der Waals surface area (Å²) in [6, 6.07) is 14.7. The summed E-state index contributed by atoms with van der Waals surface area (Å²) >= 11 is 3.37. The first-order chi connectivity index (χ1) is 13.3. The van der Waals surface area contributed by atoms with Crippen LogP contribution < -0.4 is 16.2 Å². The van der Waals surface area contributed by atoms with Gasteiger partial charge in [0.25, 0.3) is 5.56 Å². The number of hydrogen-bond acceptors (Lipinski definition) is 4. The number of carbonyl (C=O) groups excluding carboxylic acids is 1. The molecule has 7 heteroatoms. The monoisotopic (exact) mass is 440 g/mol. The minimum absolute atomic E-state index is 0.147. The molecule has 2 aromatic carbocycles. The zero-order valence-corrected chi connectivity index (χ0v) is 17.5. The largest absolute Gasteiger partial charge is 0.325 e. The van der Waals surface area contributed by atoms with Crippen LogP contribution in [-0.4, -0.2) is 15.5 Å². The summed E-state index contributed by atoms with van der Waals surface area (Å²) in [6.07, 6.45) is 0. The van der Waals surface area contributed by atoms with Crippen molar-refractivity contribution in [1.29, 1.82) is 0 Å². The van der Waals surface area contributed by atoms with Crippen LogP contribution in [0.2, 0.25) is 0 Å². The van der Waals surface area contributed by atoms with Gasteiger partial charge >= 0.3 is 0 Å². The Balaban J connectivity index is 1.88. The van der Waals surface area contributed by atoms with E-state index in [0.29, 0.717) is 17.3 Å². The Bertz CT molecular complexity index is 1070. The molecule has 0 saturated heterocycles. The third-order valence-electron chi connectivity index (χ3n) is 4.02. The Morgan fingerprint density at radius 1 is 1.04 bits per heavy atom. The first-order valence-electron chi connectivity index (χ1n) is 8.79. The number of nitrogens with zero attached hydrogens (tertiary/aromatic N) is 2. The predicted molar refractivity (Wildman–Crippen MR) is 115 cm³/mol. The van der Waals surface area contributed by atoms with E-state index in [1.807, 2.05) is 38.1 Å². The van der Waals surface area contributed by atoms with Gasteiger partial charge in [-0.2, -0.15) is 0 Å². The second-order valence-corrected chi connectivity index (χ2v) is 7.62. The Hall–Kier alpha value is -2.93. The molecule has 2 N–H and O–H groups in total. The SMILES string of the molecule is Cc1cc(C)cc(Nc2nc(C)cc(=O)n2CC(=O)Nc2cccc(Br)c2)c1. The number of aromatic nitrogens is 2.